The second kappa shape index (κ2) is 8.72. The van der Waals surface area contributed by atoms with Crippen LogP contribution in [0.3, 0.4) is 0 Å². The van der Waals surface area contributed by atoms with E-state index in [1.807, 2.05) is 6.92 Å². The van der Waals surface area contributed by atoms with Crippen LogP contribution in [0.4, 0.5) is 0 Å². The zero-order valence-corrected chi connectivity index (χ0v) is 11.8. The Balaban J connectivity index is 2.32. The van der Waals surface area contributed by atoms with Crippen LogP contribution < -0.4 is 11.3 Å². The first-order valence-corrected chi connectivity index (χ1v) is 6.88. The SMILES string of the molecule is CCCCCCC(C)OCc1occc1C(=O)NN. The predicted molar refractivity (Wildman–Crippen MR) is 73.4 cm³/mol. The summed E-state index contributed by atoms with van der Waals surface area (Å²) in [4.78, 5) is 11.4. The van der Waals surface area contributed by atoms with Crippen LogP contribution in [-0.2, 0) is 11.3 Å². The standard InChI is InChI=1S/C14H24N2O3/c1-3-4-5-6-7-11(2)19-10-13-12(8-9-18-13)14(17)16-15/h8-9,11H,3-7,10,15H2,1-2H3,(H,16,17). The fraction of sp³-hybridized carbons (Fsp3) is 0.643. The van der Waals surface area contributed by atoms with Crippen LogP contribution >= 0.6 is 0 Å². The van der Waals surface area contributed by atoms with Crippen LogP contribution in [-0.4, -0.2) is 12.0 Å². The molecular weight excluding hydrogens is 244 g/mol. The number of hydrazine groups is 1. The minimum Gasteiger partial charge on any atom is -0.466 e. The number of carbonyl (C=O) groups excluding carboxylic acids is 1. The molecule has 0 bridgehead atoms. The second-order valence-electron chi connectivity index (χ2n) is 4.70. The van der Waals surface area contributed by atoms with Gasteiger partial charge in [0.15, 0.2) is 0 Å². The molecule has 1 amide bonds. The highest BCUT2D eigenvalue weighted by Crippen LogP contribution is 2.14. The Labute approximate surface area is 114 Å². The Morgan fingerprint density at radius 3 is 2.95 bits per heavy atom. The van der Waals surface area contributed by atoms with Crippen LogP contribution in [0, 0.1) is 0 Å². The third-order valence-electron chi connectivity index (χ3n) is 3.08. The van der Waals surface area contributed by atoms with E-state index >= 15 is 0 Å². The van der Waals surface area contributed by atoms with Crippen LogP contribution in [0.5, 0.6) is 0 Å². The molecule has 1 aromatic rings. The molecule has 0 spiro atoms. The Bertz CT molecular complexity index is 377. The molecule has 0 aliphatic rings. The maximum atomic E-state index is 11.4. The molecule has 5 nitrogen and oxygen atoms in total. The van der Waals surface area contributed by atoms with Crippen LogP contribution in [0.1, 0.15) is 62.1 Å². The molecule has 0 aliphatic carbocycles. The Morgan fingerprint density at radius 2 is 2.26 bits per heavy atom. The van der Waals surface area contributed by atoms with Crippen molar-refractivity contribution >= 4 is 5.91 Å². The van der Waals surface area contributed by atoms with Gasteiger partial charge >= 0.3 is 0 Å². The molecule has 0 radical (unpaired) electrons. The van der Waals surface area contributed by atoms with E-state index in [1.54, 1.807) is 6.07 Å². The number of amides is 1. The lowest BCUT2D eigenvalue weighted by Gasteiger charge is -2.12. The molecule has 3 N–H and O–H groups in total. The number of rotatable bonds is 9. The number of furan rings is 1. The number of nitrogen functional groups attached to an aromatic ring is 1. The van der Waals surface area contributed by atoms with E-state index in [-0.39, 0.29) is 12.0 Å². The third-order valence-corrected chi connectivity index (χ3v) is 3.08. The monoisotopic (exact) mass is 268 g/mol. The molecule has 0 fully saturated rings. The number of unbranched alkanes of at least 4 members (excludes halogenated alkanes) is 3. The Kier molecular flexibility index (Phi) is 7.22. The Hall–Kier alpha value is -1.33. The van der Waals surface area contributed by atoms with Gasteiger partial charge in [-0.05, 0) is 19.4 Å². The molecule has 108 valence electrons. The number of ether oxygens (including phenoxy) is 1. The van der Waals surface area contributed by atoms with E-state index in [2.05, 4.69) is 12.3 Å². The van der Waals surface area contributed by atoms with Crippen molar-refractivity contribution < 1.29 is 13.9 Å². The highest BCUT2D eigenvalue weighted by atomic mass is 16.5. The number of hydrogen-bond acceptors (Lipinski definition) is 4. The summed E-state index contributed by atoms with van der Waals surface area (Å²) >= 11 is 0. The van der Waals surface area contributed by atoms with Crippen LogP contribution in [0.25, 0.3) is 0 Å². The van der Waals surface area contributed by atoms with Gasteiger partial charge in [-0.25, -0.2) is 5.84 Å². The number of hydrogen-bond donors (Lipinski definition) is 2. The zero-order valence-electron chi connectivity index (χ0n) is 11.8. The normalized spacial score (nSPS) is 12.4. The van der Waals surface area contributed by atoms with Gasteiger partial charge in [0.05, 0.1) is 17.9 Å². The van der Waals surface area contributed by atoms with Crippen molar-refractivity contribution in [2.24, 2.45) is 5.84 Å². The molecule has 0 aromatic carbocycles. The largest absolute Gasteiger partial charge is 0.466 e. The van der Waals surface area contributed by atoms with E-state index in [0.717, 1.165) is 6.42 Å². The highest BCUT2D eigenvalue weighted by Gasteiger charge is 2.14. The van der Waals surface area contributed by atoms with Crippen molar-refractivity contribution in [2.45, 2.75) is 58.7 Å². The van der Waals surface area contributed by atoms with Gasteiger partial charge in [0.25, 0.3) is 5.91 Å². The quantitative estimate of drug-likeness (QED) is 0.312. The molecule has 1 atom stereocenters. The van der Waals surface area contributed by atoms with Crippen LogP contribution in [0.15, 0.2) is 16.7 Å². The van der Waals surface area contributed by atoms with E-state index in [0.29, 0.717) is 17.9 Å². The summed E-state index contributed by atoms with van der Waals surface area (Å²) in [5.74, 6) is 5.26. The minimum absolute atomic E-state index is 0.163. The first-order valence-electron chi connectivity index (χ1n) is 6.88. The molecule has 19 heavy (non-hydrogen) atoms. The fourth-order valence-corrected chi connectivity index (χ4v) is 1.89. The fourth-order valence-electron chi connectivity index (χ4n) is 1.89. The summed E-state index contributed by atoms with van der Waals surface area (Å²) in [6.07, 6.45) is 7.57. The van der Waals surface area contributed by atoms with Gasteiger partial charge in [0.1, 0.15) is 12.4 Å². The third kappa shape index (κ3) is 5.44. The summed E-state index contributed by atoms with van der Waals surface area (Å²) < 4.78 is 10.9. The molecule has 0 aliphatic heterocycles. The predicted octanol–water partition coefficient (Wildman–Crippen LogP) is 2.76. The first kappa shape index (κ1) is 15.7. The molecule has 1 rings (SSSR count). The van der Waals surface area contributed by atoms with Gasteiger partial charge in [-0.3, -0.25) is 10.2 Å². The molecule has 1 unspecified atom stereocenters. The zero-order chi connectivity index (χ0) is 14.1. The summed E-state index contributed by atoms with van der Waals surface area (Å²) in [6.45, 7) is 4.53. The van der Waals surface area contributed by atoms with Crippen molar-refractivity contribution in [1.29, 1.82) is 0 Å². The van der Waals surface area contributed by atoms with Crippen molar-refractivity contribution in [1.82, 2.24) is 5.43 Å². The smallest absolute Gasteiger partial charge is 0.268 e. The number of nitrogens with one attached hydrogen (secondary N) is 1. The minimum atomic E-state index is -0.358. The molecular formula is C14H24N2O3. The van der Waals surface area contributed by atoms with Gasteiger partial charge in [-0.2, -0.15) is 0 Å². The Morgan fingerprint density at radius 1 is 1.47 bits per heavy atom. The lowest BCUT2D eigenvalue weighted by Crippen LogP contribution is -2.30. The first-order chi connectivity index (χ1) is 9.19. The molecule has 0 saturated heterocycles. The van der Waals surface area contributed by atoms with Crippen molar-refractivity contribution in [3.63, 3.8) is 0 Å². The van der Waals surface area contributed by atoms with E-state index in [9.17, 15) is 4.79 Å². The van der Waals surface area contributed by atoms with Crippen molar-refractivity contribution in [3.05, 3.63) is 23.7 Å². The second-order valence-corrected chi connectivity index (χ2v) is 4.70. The van der Waals surface area contributed by atoms with Gasteiger partial charge in [-0.1, -0.05) is 32.6 Å². The van der Waals surface area contributed by atoms with E-state index in [1.165, 1.54) is 31.9 Å². The van der Waals surface area contributed by atoms with Crippen molar-refractivity contribution in [3.8, 4) is 0 Å². The maximum absolute atomic E-state index is 11.4. The average molecular weight is 268 g/mol. The lowest BCUT2D eigenvalue weighted by atomic mass is 10.1. The van der Waals surface area contributed by atoms with Gasteiger partial charge in [0.2, 0.25) is 0 Å². The summed E-state index contributed by atoms with van der Waals surface area (Å²) in [7, 11) is 0. The topological polar surface area (TPSA) is 77.5 Å². The molecule has 1 aromatic heterocycles. The van der Waals surface area contributed by atoms with Crippen LogP contribution in [0.2, 0.25) is 0 Å². The molecule has 0 saturated carbocycles. The highest BCUT2D eigenvalue weighted by molar-refractivity contribution is 5.94. The molecule has 5 heteroatoms. The number of carbonyl (C=O) groups is 1. The number of nitrogens with two attached hydrogens (primary N) is 1. The summed E-state index contributed by atoms with van der Waals surface area (Å²) in [5, 5.41) is 0. The maximum Gasteiger partial charge on any atom is 0.268 e. The van der Waals surface area contributed by atoms with Gasteiger partial charge < -0.3 is 9.15 Å². The molecule has 1 heterocycles. The summed E-state index contributed by atoms with van der Waals surface area (Å²) in [5.41, 5.74) is 2.52. The van der Waals surface area contributed by atoms with Gasteiger partial charge in [0, 0.05) is 0 Å². The van der Waals surface area contributed by atoms with Gasteiger partial charge in [-0.15, -0.1) is 0 Å². The van der Waals surface area contributed by atoms with E-state index in [4.69, 9.17) is 15.0 Å². The average Bonchev–Trinajstić information content (AvgIpc) is 2.89. The van der Waals surface area contributed by atoms with Crippen molar-refractivity contribution in [2.75, 3.05) is 0 Å². The van der Waals surface area contributed by atoms with E-state index < -0.39 is 0 Å². The lowest BCUT2D eigenvalue weighted by molar-refractivity contribution is 0.0353. The summed E-state index contributed by atoms with van der Waals surface area (Å²) in [6, 6.07) is 1.59.